The van der Waals surface area contributed by atoms with E-state index < -0.39 is 35.6 Å². The number of amides is 4. The van der Waals surface area contributed by atoms with E-state index >= 15 is 0 Å². The highest BCUT2D eigenvalue weighted by Gasteiger charge is 2.40. The van der Waals surface area contributed by atoms with Crippen LogP contribution in [0.25, 0.3) is 0 Å². The van der Waals surface area contributed by atoms with Crippen LogP contribution in [0, 0.1) is 19.8 Å². The lowest BCUT2D eigenvalue weighted by atomic mass is 9.91. The van der Waals surface area contributed by atoms with Gasteiger partial charge in [0, 0.05) is 19.0 Å². The number of nitrogens with two attached hydrogens (primary N) is 1. The fourth-order valence-corrected chi connectivity index (χ4v) is 4.82. The SMILES string of the molecule is CCCCCNC(=O)C(c1c(C)cccc1C)N(C(=O)C(CCC(N)=O)NC(=O)OC(C)(C)C)C(C)CCC(C)C. The van der Waals surface area contributed by atoms with Gasteiger partial charge in [-0.25, -0.2) is 4.79 Å². The third-order valence-corrected chi connectivity index (χ3v) is 6.98. The number of carbonyl (C=O) groups is 4. The van der Waals surface area contributed by atoms with Crippen LogP contribution in [0.4, 0.5) is 4.79 Å². The van der Waals surface area contributed by atoms with Gasteiger partial charge >= 0.3 is 6.09 Å². The quantitative estimate of drug-likeness (QED) is 0.226. The zero-order valence-electron chi connectivity index (χ0n) is 26.8. The van der Waals surface area contributed by atoms with Crippen LogP contribution in [-0.4, -0.2) is 52.9 Å². The summed E-state index contributed by atoms with van der Waals surface area (Å²) < 4.78 is 5.43. The van der Waals surface area contributed by atoms with Crippen molar-refractivity contribution in [2.45, 2.75) is 131 Å². The minimum atomic E-state index is -1.11. The molecule has 0 aliphatic carbocycles. The van der Waals surface area contributed by atoms with Gasteiger partial charge in [0.25, 0.3) is 0 Å². The summed E-state index contributed by atoms with van der Waals surface area (Å²) in [7, 11) is 0. The second-order valence-corrected chi connectivity index (χ2v) is 12.5. The second-order valence-electron chi connectivity index (χ2n) is 12.5. The number of aryl methyl sites for hydroxylation is 2. The predicted octanol–water partition coefficient (Wildman–Crippen LogP) is 5.46. The molecule has 3 unspecified atom stereocenters. The first kappa shape index (κ1) is 35.9. The average molecular weight is 575 g/mol. The molecule has 0 spiro atoms. The van der Waals surface area contributed by atoms with Gasteiger partial charge in [-0.1, -0.05) is 51.8 Å². The number of carbonyl (C=O) groups excluding carboxylic acids is 4. The van der Waals surface area contributed by atoms with Crippen molar-refractivity contribution in [1.82, 2.24) is 15.5 Å². The zero-order chi connectivity index (χ0) is 31.3. The summed E-state index contributed by atoms with van der Waals surface area (Å²) in [4.78, 5) is 54.6. The first-order valence-corrected chi connectivity index (χ1v) is 15.0. The van der Waals surface area contributed by atoms with Crippen molar-refractivity contribution in [3.63, 3.8) is 0 Å². The van der Waals surface area contributed by atoms with Crippen LogP contribution in [0.5, 0.6) is 0 Å². The Labute approximate surface area is 247 Å². The zero-order valence-corrected chi connectivity index (χ0v) is 26.8. The van der Waals surface area contributed by atoms with E-state index in [-0.39, 0.29) is 24.8 Å². The summed E-state index contributed by atoms with van der Waals surface area (Å²) in [6.07, 6.45) is 3.43. The highest BCUT2D eigenvalue weighted by Crippen LogP contribution is 2.32. The van der Waals surface area contributed by atoms with Crippen molar-refractivity contribution in [3.8, 4) is 0 Å². The largest absolute Gasteiger partial charge is 0.444 e. The van der Waals surface area contributed by atoms with E-state index in [1.807, 2.05) is 39.0 Å². The number of primary amides is 1. The van der Waals surface area contributed by atoms with Gasteiger partial charge < -0.3 is 26.0 Å². The third-order valence-electron chi connectivity index (χ3n) is 6.98. The van der Waals surface area contributed by atoms with Crippen molar-refractivity contribution < 1.29 is 23.9 Å². The molecule has 3 atom stereocenters. The lowest BCUT2D eigenvalue weighted by molar-refractivity contribution is -0.145. The van der Waals surface area contributed by atoms with E-state index in [0.717, 1.165) is 42.4 Å². The topological polar surface area (TPSA) is 131 Å². The van der Waals surface area contributed by atoms with E-state index in [0.29, 0.717) is 18.9 Å². The van der Waals surface area contributed by atoms with Crippen molar-refractivity contribution in [3.05, 3.63) is 34.9 Å². The molecule has 0 radical (unpaired) electrons. The molecule has 0 fully saturated rings. The number of nitrogens with one attached hydrogen (secondary N) is 2. The summed E-state index contributed by atoms with van der Waals surface area (Å²) in [6, 6.07) is 3.42. The van der Waals surface area contributed by atoms with Crippen LogP contribution in [0.2, 0.25) is 0 Å². The molecule has 0 saturated heterocycles. The summed E-state index contributed by atoms with van der Waals surface area (Å²) in [5.41, 5.74) is 7.19. The molecule has 0 aliphatic heterocycles. The molecule has 1 aromatic rings. The first-order valence-electron chi connectivity index (χ1n) is 15.0. The number of ether oxygens (including phenoxy) is 1. The van der Waals surface area contributed by atoms with Crippen LogP contribution in [0.1, 0.15) is 116 Å². The molecule has 232 valence electrons. The number of nitrogens with zero attached hydrogens (tertiary/aromatic N) is 1. The lowest BCUT2D eigenvalue weighted by Gasteiger charge is -2.39. The van der Waals surface area contributed by atoms with Crippen molar-refractivity contribution >= 4 is 23.8 Å². The minimum Gasteiger partial charge on any atom is -0.444 e. The number of unbranched alkanes of at least 4 members (excludes halogenated alkanes) is 2. The molecule has 9 heteroatoms. The van der Waals surface area contributed by atoms with Crippen LogP contribution < -0.4 is 16.4 Å². The van der Waals surface area contributed by atoms with Gasteiger partial charge in [0.1, 0.15) is 17.7 Å². The summed E-state index contributed by atoms with van der Waals surface area (Å²) >= 11 is 0. The van der Waals surface area contributed by atoms with E-state index in [9.17, 15) is 19.2 Å². The van der Waals surface area contributed by atoms with E-state index in [1.165, 1.54) is 0 Å². The Morgan fingerprint density at radius 1 is 0.976 bits per heavy atom. The summed E-state index contributed by atoms with van der Waals surface area (Å²) in [5.74, 6) is -0.923. The third kappa shape index (κ3) is 12.5. The average Bonchev–Trinajstić information content (AvgIpc) is 2.85. The number of alkyl carbamates (subject to hydrolysis) is 1. The molecule has 41 heavy (non-hydrogen) atoms. The second kappa shape index (κ2) is 17.0. The standard InChI is InChI=1S/C32H54N4O5/c1-10-11-12-20-34-29(38)28(27-22(4)14-13-15-23(27)5)36(24(6)17-16-21(2)3)30(39)25(18-19-26(33)37)35-31(40)41-32(7,8)9/h13-15,21,24-25,28H,10-12,16-20H2,1-9H3,(H2,33,37)(H,34,38)(H,35,40). The van der Waals surface area contributed by atoms with Gasteiger partial charge in [0.15, 0.2) is 0 Å². The van der Waals surface area contributed by atoms with Crippen LogP contribution in [0.3, 0.4) is 0 Å². The van der Waals surface area contributed by atoms with E-state index in [2.05, 4.69) is 31.4 Å². The van der Waals surface area contributed by atoms with Crippen LogP contribution in [-0.2, 0) is 19.1 Å². The Balaban J connectivity index is 3.69. The number of hydrogen-bond donors (Lipinski definition) is 3. The molecule has 0 aliphatic rings. The highest BCUT2D eigenvalue weighted by atomic mass is 16.6. The summed E-state index contributed by atoms with van der Waals surface area (Å²) in [6.45, 7) is 17.8. The van der Waals surface area contributed by atoms with Gasteiger partial charge in [0.05, 0.1) is 0 Å². The maximum atomic E-state index is 14.5. The Morgan fingerprint density at radius 2 is 1.59 bits per heavy atom. The Hall–Kier alpha value is -3.10. The molecule has 0 bridgehead atoms. The van der Waals surface area contributed by atoms with Gasteiger partial charge in [-0.2, -0.15) is 0 Å². The molecule has 0 aromatic heterocycles. The van der Waals surface area contributed by atoms with Crippen molar-refractivity contribution in [1.29, 1.82) is 0 Å². The molecule has 1 aromatic carbocycles. The minimum absolute atomic E-state index is 0.0155. The number of rotatable bonds is 16. The lowest BCUT2D eigenvalue weighted by Crippen LogP contribution is -2.56. The van der Waals surface area contributed by atoms with Gasteiger partial charge in [-0.3, -0.25) is 14.4 Å². The fourth-order valence-electron chi connectivity index (χ4n) is 4.82. The van der Waals surface area contributed by atoms with Crippen LogP contribution in [0.15, 0.2) is 18.2 Å². The molecule has 1 rings (SSSR count). The number of hydrogen-bond acceptors (Lipinski definition) is 5. The highest BCUT2D eigenvalue weighted by molar-refractivity contribution is 5.93. The number of benzene rings is 1. The molecule has 9 nitrogen and oxygen atoms in total. The first-order chi connectivity index (χ1) is 19.1. The van der Waals surface area contributed by atoms with E-state index in [1.54, 1.807) is 25.7 Å². The van der Waals surface area contributed by atoms with Crippen molar-refractivity contribution in [2.75, 3.05) is 6.54 Å². The molecule has 0 saturated carbocycles. The Bertz CT molecular complexity index is 998. The Morgan fingerprint density at radius 3 is 2.10 bits per heavy atom. The molecular weight excluding hydrogens is 520 g/mol. The maximum Gasteiger partial charge on any atom is 0.408 e. The molecular formula is C32H54N4O5. The normalized spacial score (nSPS) is 13.7. The van der Waals surface area contributed by atoms with Gasteiger partial charge in [-0.05, 0) is 89.8 Å². The molecule has 0 heterocycles. The van der Waals surface area contributed by atoms with Crippen molar-refractivity contribution in [2.24, 2.45) is 11.7 Å². The van der Waals surface area contributed by atoms with Gasteiger partial charge in [-0.15, -0.1) is 0 Å². The molecule has 4 amide bonds. The van der Waals surface area contributed by atoms with E-state index in [4.69, 9.17) is 10.5 Å². The van der Waals surface area contributed by atoms with Gasteiger partial charge in [0.2, 0.25) is 17.7 Å². The molecule has 4 N–H and O–H groups in total. The fraction of sp³-hybridized carbons (Fsp3) is 0.688. The predicted molar refractivity (Wildman–Crippen MR) is 163 cm³/mol. The van der Waals surface area contributed by atoms with Crippen LogP contribution >= 0.6 is 0 Å². The Kier molecular flexibility index (Phi) is 14.9. The smallest absolute Gasteiger partial charge is 0.408 e. The summed E-state index contributed by atoms with van der Waals surface area (Å²) in [5, 5.41) is 5.74. The monoisotopic (exact) mass is 574 g/mol. The maximum absolute atomic E-state index is 14.5.